The number of amides is 1. The van der Waals surface area contributed by atoms with E-state index in [0.717, 1.165) is 18.1 Å². The lowest BCUT2D eigenvalue weighted by Crippen LogP contribution is -2.30. The third-order valence-electron chi connectivity index (χ3n) is 3.26. The summed E-state index contributed by atoms with van der Waals surface area (Å²) in [7, 11) is 1.60. The van der Waals surface area contributed by atoms with Crippen molar-refractivity contribution < 1.29 is 13.9 Å². The van der Waals surface area contributed by atoms with Crippen LogP contribution in [0.25, 0.3) is 0 Å². The van der Waals surface area contributed by atoms with Gasteiger partial charge in [-0.3, -0.25) is 4.79 Å². The molecule has 2 aromatic rings. The molecule has 1 aromatic heterocycles. The highest BCUT2D eigenvalue weighted by Gasteiger charge is 2.33. The van der Waals surface area contributed by atoms with E-state index >= 15 is 0 Å². The van der Waals surface area contributed by atoms with Crippen LogP contribution in [0.2, 0.25) is 0 Å². The second-order valence-corrected chi connectivity index (χ2v) is 5.66. The lowest BCUT2D eigenvalue weighted by atomic mass is 10.2. The first kappa shape index (κ1) is 13.1. The maximum atomic E-state index is 12.6. The summed E-state index contributed by atoms with van der Waals surface area (Å²) < 4.78 is 10.6. The van der Waals surface area contributed by atoms with Crippen molar-refractivity contribution in [3.63, 3.8) is 0 Å². The maximum Gasteiger partial charge on any atom is 0.255 e. The molecule has 1 aromatic carbocycles. The number of furan rings is 1. The van der Waals surface area contributed by atoms with Crippen molar-refractivity contribution in [2.45, 2.75) is 5.37 Å². The van der Waals surface area contributed by atoms with Gasteiger partial charge < -0.3 is 14.1 Å². The van der Waals surface area contributed by atoms with E-state index in [1.165, 1.54) is 0 Å². The Bertz CT molecular complexity index is 597. The second-order valence-electron chi connectivity index (χ2n) is 4.47. The molecule has 20 heavy (non-hydrogen) atoms. The Morgan fingerprint density at radius 3 is 3.05 bits per heavy atom. The quantitative estimate of drug-likeness (QED) is 0.870. The van der Waals surface area contributed by atoms with E-state index < -0.39 is 0 Å². The van der Waals surface area contributed by atoms with Crippen LogP contribution in [0.5, 0.6) is 5.75 Å². The molecule has 0 bridgehead atoms. The van der Waals surface area contributed by atoms with E-state index in [-0.39, 0.29) is 11.3 Å². The number of hydrogen-bond acceptors (Lipinski definition) is 4. The average molecular weight is 289 g/mol. The highest BCUT2D eigenvalue weighted by atomic mass is 32.2. The molecule has 0 N–H and O–H groups in total. The van der Waals surface area contributed by atoms with Crippen molar-refractivity contribution in [2.75, 3.05) is 19.4 Å². The first-order valence-electron chi connectivity index (χ1n) is 6.39. The van der Waals surface area contributed by atoms with Gasteiger partial charge in [-0.2, -0.15) is 0 Å². The van der Waals surface area contributed by atoms with Crippen molar-refractivity contribution in [1.82, 2.24) is 4.90 Å². The standard InChI is InChI=1S/C15H15NO3S/c1-18-12-5-2-4-11(10-12)14(17)16-7-9-20-15(16)13-6-3-8-19-13/h2-6,8,10,15H,7,9H2,1H3. The Labute approximate surface area is 121 Å². The van der Waals surface area contributed by atoms with Crippen molar-refractivity contribution in [1.29, 1.82) is 0 Å². The summed E-state index contributed by atoms with van der Waals surface area (Å²) in [4.78, 5) is 14.5. The smallest absolute Gasteiger partial charge is 0.255 e. The summed E-state index contributed by atoms with van der Waals surface area (Å²) in [6, 6.07) is 11.0. The number of nitrogens with zero attached hydrogens (tertiary/aromatic N) is 1. The van der Waals surface area contributed by atoms with Crippen molar-refractivity contribution in [3.8, 4) is 5.75 Å². The van der Waals surface area contributed by atoms with Crippen LogP contribution in [0, 0.1) is 0 Å². The van der Waals surface area contributed by atoms with Gasteiger partial charge in [0.05, 0.1) is 13.4 Å². The van der Waals surface area contributed by atoms with E-state index in [9.17, 15) is 4.79 Å². The molecule has 2 heterocycles. The van der Waals surface area contributed by atoms with E-state index in [2.05, 4.69) is 0 Å². The van der Waals surface area contributed by atoms with Crippen molar-refractivity contribution >= 4 is 17.7 Å². The largest absolute Gasteiger partial charge is 0.497 e. The van der Waals surface area contributed by atoms with Crippen LogP contribution in [0.4, 0.5) is 0 Å². The number of hydrogen-bond donors (Lipinski definition) is 0. The minimum Gasteiger partial charge on any atom is -0.497 e. The van der Waals surface area contributed by atoms with E-state index in [4.69, 9.17) is 9.15 Å². The van der Waals surface area contributed by atoms with Gasteiger partial charge >= 0.3 is 0 Å². The lowest BCUT2D eigenvalue weighted by molar-refractivity contribution is 0.0749. The highest BCUT2D eigenvalue weighted by molar-refractivity contribution is 7.99. The molecule has 1 saturated heterocycles. The summed E-state index contributed by atoms with van der Waals surface area (Å²) in [6.07, 6.45) is 1.64. The molecule has 1 aliphatic rings. The second kappa shape index (κ2) is 5.63. The summed E-state index contributed by atoms with van der Waals surface area (Å²) in [5, 5.41) is -0.0382. The fraction of sp³-hybridized carbons (Fsp3) is 0.267. The number of rotatable bonds is 3. The van der Waals surface area contributed by atoms with E-state index in [1.807, 2.05) is 35.2 Å². The van der Waals surface area contributed by atoms with Crippen LogP contribution in [0.1, 0.15) is 21.5 Å². The molecule has 1 atom stereocenters. The van der Waals surface area contributed by atoms with Crippen molar-refractivity contribution in [3.05, 3.63) is 54.0 Å². The predicted molar refractivity (Wildman–Crippen MR) is 77.9 cm³/mol. The first-order chi connectivity index (χ1) is 9.79. The molecule has 0 aliphatic carbocycles. The number of benzene rings is 1. The Balaban J connectivity index is 1.85. The number of carbonyl (C=O) groups excluding carboxylic acids is 1. The van der Waals surface area contributed by atoms with Gasteiger partial charge in [0.25, 0.3) is 5.91 Å². The monoisotopic (exact) mass is 289 g/mol. The summed E-state index contributed by atoms with van der Waals surface area (Å²) in [6.45, 7) is 0.728. The molecule has 0 radical (unpaired) electrons. The minimum absolute atomic E-state index is 0.00954. The molecule has 1 unspecified atom stereocenters. The van der Waals surface area contributed by atoms with E-state index in [1.54, 1.807) is 31.2 Å². The fourth-order valence-corrected chi connectivity index (χ4v) is 3.47. The van der Waals surface area contributed by atoms with Gasteiger partial charge in [0.15, 0.2) is 0 Å². The SMILES string of the molecule is COc1cccc(C(=O)N2CCSC2c2ccco2)c1. The highest BCUT2D eigenvalue weighted by Crippen LogP contribution is 2.39. The molecule has 0 spiro atoms. The third kappa shape index (κ3) is 2.41. The average Bonchev–Trinajstić information content (AvgIpc) is 3.16. The Morgan fingerprint density at radius 1 is 1.40 bits per heavy atom. The zero-order valence-corrected chi connectivity index (χ0v) is 11.9. The van der Waals surface area contributed by atoms with Crippen molar-refractivity contribution in [2.24, 2.45) is 0 Å². The molecule has 1 fully saturated rings. The van der Waals surface area contributed by atoms with Gasteiger partial charge in [0, 0.05) is 17.9 Å². The maximum absolute atomic E-state index is 12.6. The molecule has 104 valence electrons. The fourth-order valence-electron chi connectivity index (χ4n) is 2.27. The van der Waals surface area contributed by atoms with Crippen LogP contribution >= 0.6 is 11.8 Å². The molecular formula is C15H15NO3S. The van der Waals surface area contributed by atoms with E-state index in [0.29, 0.717) is 11.3 Å². The lowest BCUT2D eigenvalue weighted by Gasteiger charge is -2.22. The predicted octanol–water partition coefficient (Wildman–Crippen LogP) is 3.18. The molecule has 3 rings (SSSR count). The number of methoxy groups -OCH3 is 1. The number of carbonyl (C=O) groups is 1. The summed E-state index contributed by atoms with van der Waals surface area (Å²) in [5.41, 5.74) is 0.642. The van der Waals surface area contributed by atoms with Gasteiger partial charge in [-0.15, -0.1) is 11.8 Å². The summed E-state index contributed by atoms with van der Waals surface area (Å²) in [5.74, 6) is 2.44. The first-order valence-corrected chi connectivity index (χ1v) is 7.44. The Kier molecular flexibility index (Phi) is 3.69. The van der Waals surface area contributed by atoms with Crippen LogP contribution in [0.3, 0.4) is 0 Å². The Hall–Kier alpha value is -1.88. The molecule has 4 nitrogen and oxygen atoms in total. The van der Waals surface area contributed by atoms with Crippen LogP contribution < -0.4 is 4.74 Å². The Morgan fingerprint density at radius 2 is 2.30 bits per heavy atom. The summed E-state index contributed by atoms with van der Waals surface area (Å²) >= 11 is 1.72. The zero-order valence-electron chi connectivity index (χ0n) is 11.1. The zero-order chi connectivity index (χ0) is 13.9. The molecule has 1 amide bonds. The third-order valence-corrected chi connectivity index (χ3v) is 4.48. The molecule has 0 saturated carbocycles. The molecule has 1 aliphatic heterocycles. The van der Waals surface area contributed by atoms with Gasteiger partial charge in [0.1, 0.15) is 16.9 Å². The minimum atomic E-state index is -0.0382. The topological polar surface area (TPSA) is 42.7 Å². The van der Waals surface area contributed by atoms with Gasteiger partial charge in [0.2, 0.25) is 0 Å². The van der Waals surface area contributed by atoms with Gasteiger partial charge in [-0.25, -0.2) is 0 Å². The van der Waals surface area contributed by atoms with Crippen LogP contribution in [-0.4, -0.2) is 30.2 Å². The van der Waals surface area contributed by atoms with Gasteiger partial charge in [-0.05, 0) is 30.3 Å². The van der Waals surface area contributed by atoms with Crippen LogP contribution in [-0.2, 0) is 0 Å². The van der Waals surface area contributed by atoms with Gasteiger partial charge in [-0.1, -0.05) is 6.07 Å². The normalized spacial score (nSPS) is 18.2. The number of ether oxygens (including phenoxy) is 1. The molecule has 5 heteroatoms. The number of thioether (sulfide) groups is 1. The van der Waals surface area contributed by atoms with Crippen LogP contribution in [0.15, 0.2) is 47.1 Å². The molecular weight excluding hydrogens is 274 g/mol.